The summed E-state index contributed by atoms with van der Waals surface area (Å²) in [7, 11) is 0. The Kier molecular flexibility index (Phi) is 3.49. The van der Waals surface area contributed by atoms with E-state index in [1.165, 1.54) is 12.1 Å². The van der Waals surface area contributed by atoms with Crippen molar-refractivity contribution in [2.45, 2.75) is 19.4 Å². The quantitative estimate of drug-likeness (QED) is 0.881. The SMILES string of the molecule is Cc1cnccc1C(O)Cc1ccc(F)cc1. The number of halogens is 1. The van der Waals surface area contributed by atoms with E-state index in [1.807, 2.05) is 13.0 Å². The zero-order valence-electron chi connectivity index (χ0n) is 9.60. The molecular weight excluding hydrogens is 217 g/mol. The van der Waals surface area contributed by atoms with Crippen LogP contribution in [-0.2, 0) is 6.42 Å². The van der Waals surface area contributed by atoms with Gasteiger partial charge < -0.3 is 5.11 Å². The van der Waals surface area contributed by atoms with Gasteiger partial charge in [0.1, 0.15) is 5.82 Å². The summed E-state index contributed by atoms with van der Waals surface area (Å²) in [6, 6.07) is 8.00. The van der Waals surface area contributed by atoms with Crippen molar-refractivity contribution in [2.75, 3.05) is 0 Å². The molecule has 1 N–H and O–H groups in total. The van der Waals surface area contributed by atoms with Gasteiger partial charge >= 0.3 is 0 Å². The Bertz CT molecular complexity index is 496. The third-order valence-corrected chi connectivity index (χ3v) is 2.76. The Morgan fingerprint density at radius 2 is 1.94 bits per heavy atom. The number of nitrogens with zero attached hydrogens (tertiary/aromatic N) is 1. The first-order chi connectivity index (χ1) is 8.16. The number of aromatic nitrogens is 1. The third-order valence-electron chi connectivity index (χ3n) is 2.76. The van der Waals surface area contributed by atoms with Crippen molar-refractivity contribution in [1.29, 1.82) is 0 Å². The van der Waals surface area contributed by atoms with Crippen molar-refractivity contribution in [2.24, 2.45) is 0 Å². The lowest BCUT2D eigenvalue weighted by Crippen LogP contribution is -2.04. The maximum absolute atomic E-state index is 12.7. The molecule has 0 spiro atoms. The zero-order valence-corrected chi connectivity index (χ0v) is 9.60. The second-order valence-corrected chi connectivity index (χ2v) is 4.08. The molecule has 0 fully saturated rings. The molecule has 0 aliphatic heterocycles. The van der Waals surface area contributed by atoms with Crippen LogP contribution in [0, 0.1) is 12.7 Å². The highest BCUT2D eigenvalue weighted by molar-refractivity contribution is 5.26. The van der Waals surface area contributed by atoms with Crippen LogP contribution >= 0.6 is 0 Å². The average Bonchev–Trinajstić information content (AvgIpc) is 2.32. The first-order valence-corrected chi connectivity index (χ1v) is 5.50. The summed E-state index contributed by atoms with van der Waals surface area (Å²) in [4.78, 5) is 3.99. The van der Waals surface area contributed by atoms with Gasteiger partial charge in [-0.1, -0.05) is 12.1 Å². The Labute approximate surface area is 99.8 Å². The molecule has 0 bridgehead atoms. The molecule has 0 radical (unpaired) electrons. The molecule has 2 aromatic rings. The van der Waals surface area contributed by atoms with Crippen molar-refractivity contribution in [3.8, 4) is 0 Å². The van der Waals surface area contributed by atoms with Crippen LogP contribution in [0.25, 0.3) is 0 Å². The van der Waals surface area contributed by atoms with Gasteiger partial charge in [0.05, 0.1) is 6.10 Å². The maximum Gasteiger partial charge on any atom is 0.123 e. The summed E-state index contributed by atoms with van der Waals surface area (Å²) in [6.45, 7) is 1.91. The van der Waals surface area contributed by atoms with E-state index >= 15 is 0 Å². The van der Waals surface area contributed by atoms with Crippen molar-refractivity contribution in [1.82, 2.24) is 4.98 Å². The number of aliphatic hydroxyl groups is 1. The van der Waals surface area contributed by atoms with Gasteiger partial charge in [0.2, 0.25) is 0 Å². The molecule has 88 valence electrons. The largest absolute Gasteiger partial charge is 0.388 e. The topological polar surface area (TPSA) is 33.1 Å². The summed E-state index contributed by atoms with van der Waals surface area (Å²) in [6.07, 6.45) is 3.29. The van der Waals surface area contributed by atoms with Crippen LogP contribution < -0.4 is 0 Å². The van der Waals surface area contributed by atoms with Crippen LogP contribution in [0.2, 0.25) is 0 Å². The molecule has 2 rings (SSSR count). The Hall–Kier alpha value is -1.74. The van der Waals surface area contributed by atoms with Crippen LogP contribution in [0.3, 0.4) is 0 Å². The van der Waals surface area contributed by atoms with Crippen LogP contribution in [0.4, 0.5) is 4.39 Å². The lowest BCUT2D eigenvalue weighted by atomic mass is 9.99. The zero-order chi connectivity index (χ0) is 12.3. The van der Waals surface area contributed by atoms with Crippen LogP contribution in [0.1, 0.15) is 22.8 Å². The molecule has 0 aliphatic rings. The number of hydrogen-bond donors (Lipinski definition) is 1. The second-order valence-electron chi connectivity index (χ2n) is 4.08. The fourth-order valence-corrected chi connectivity index (χ4v) is 1.81. The van der Waals surface area contributed by atoms with Gasteiger partial charge in [-0.25, -0.2) is 4.39 Å². The number of pyridine rings is 1. The fraction of sp³-hybridized carbons (Fsp3) is 0.214. The predicted molar refractivity (Wildman–Crippen MR) is 64.0 cm³/mol. The summed E-state index contributed by atoms with van der Waals surface area (Å²) in [5, 5.41) is 10.1. The predicted octanol–water partition coefficient (Wildman–Crippen LogP) is 2.81. The van der Waals surface area contributed by atoms with Gasteiger partial charge in [-0.15, -0.1) is 0 Å². The van der Waals surface area contributed by atoms with E-state index in [1.54, 1.807) is 24.5 Å². The van der Waals surface area contributed by atoms with Gasteiger partial charge in [-0.2, -0.15) is 0 Å². The van der Waals surface area contributed by atoms with Gasteiger partial charge in [-0.3, -0.25) is 4.98 Å². The van der Waals surface area contributed by atoms with Gasteiger partial charge in [0.25, 0.3) is 0 Å². The van der Waals surface area contributed by atoms with Crippen molar-refractivity contribution < 1.29 is 9.50 Å². The molecule has 0 saturated heterocycles. The third kappa shape index (κ3) is 2.88. The Morgan fingerprint density at radius 3 is 2.59 bits per heavy atom. The summed E-state index contributed by atoms with van der Waals surface area (Å²) in [5.41, 5.74) is 2.74. The number of rotatable bonds is 3. The van der Waals surface area contributed by atoms with Crippen molar-refractivity contribution >= 4 is 0 Å². The highest BCUT2D eigenvalue weighted by Gasteiger charge is 2.10. The normalized spacial score (nSPS) is 12.4. The molecule has 3 heteroatoms. The molecule has 1 aromatic carbocycles. The van der Waals surface area contributed by atoms with Gasteiger partial charge in [-0.05, 0) is 41.8 Å². The maximum atomic E-state index is 12.7. The van der Waals surface area contributed by atoms with Crippen molar-refractivity contribution in [3.63, 3.8) is 0 Å². The lowest BCUT2D eigenvalue weighted by Gasteiger charge is -2.13. The molecule has 1 atom stereocenters. The van der Waals surface area contributed by atoms with E-state index < -0.39 is 6.10 Å². The molecule has 0 saturated carbocycles. The standard InChI is InChI=1S/C14H14FNO/c1-10-9-16-7-6-13(10)14(17)8-11-2-4-12(15)5-3-11/h2-7,9,14,17H,8H2,1H3. The highest BCUT2D eigenvalue weighted by Crippen LogP contribution is 2.20. The average molecular weight is 231 g/mol. The van der Waals surface area contributed by atoms with E-state index in [0.29, 0.717) is 6.42 Å². The number of aliphatic hydroxyl groups excluding tert-OH is 1. The molecule has 1 unspecified atom stereocenters. The number of benzene rings is 1. The first-order valence-electron chi connectivity index (χ1n) is 5.50. The smallest absolute Gasteiger partial charge is 0.123 e. The fourth-order valence-electron chi connectivity index (χ4n) is 1.81. The summed E-state index contributed by atoms with van der Waals surface area (Å²) >= 11 is 0. The Morgan fingerprint density at radius 1 is 1.24 bits per heavy atom. The minimum Gasteiger partial charge on any atom is -0.388 e. The molecule has 1 aromatic heterocycles. The summed E-state index contributed by atoms with van der Waals surface area (Å²) < 4.78 is 12.7. The van der Waals surface area contributed by atoms with E-state index in [4.69, 9.17) is 0 Å². The van der Waals surface area contributed by atoms with E-state index in [9.17, 15) is 9.50 Å². The van der Waals surface area contributed by atoms with Crippen LogP contribution in [-0.4, -0.2) is 10.1 Å². The molecular formula is C14H14FNO. The minimum absolute atomic E-state index is 0.261. The second kappa shape index (κ2) is 5.06. The summed E-state index contributed by atoms with van der Waals surface area (Å²) in [5.74, 6) is -0.261. The van der Waals surface area contributed by atoms with Crippen LogP contribution in [0.5, 0.6) is 0 Å². The number of aryl methyl sites for hydroxylation is 1. The van der Waals surface area contributed by atoms with Gasteiger partial charge in [0, 0.05) is 18.8 Å². The van der Waals surface area contributed by atoms with Crippen LogP contribution in [0.15, 0.2) is 42.7 Å². The highest BCUT2D eigenvalue weighted by atomic mass is 19.1. The molecule has 1 heterocycles. The first kappa shape index (κ1) is 11.7. The monoisotopic (exact) mass is 231 g/mol. The van der Waals surface area contributed by atoms with E-state index in [0.717, 1.165) is 16.7 Å². The molecule has 2 nitrogen and oxygen atoms in total. The lowest BCUT2D eigenvalue weighted by molar-refractivity contribution is 0.177. The molecule has 0 amide bonds. The van der Waals surface area contributed by atoms with E-state index in [2.05, 4.69) is 4.98 Å². The van der Waals surface area contributed by atoms with Crippen molar-refractivity contribution in [3.05, 3.63) is 65.2 Å². The number of hydrogen-bond acceptors (Lipinski definition) is 2. The van der Waals surface area contributed by atoms with E-state index in [-0.39, 0.29) is 5.82 Å². The minimum atomic E-state index is -0.580. The van der Waals surface area contributed by atoms with Gasteiger partial charge in [0.15, 0.2) is 0 Å². The molecule has 0 aliphatic carbocycles. The Balaban J connectivity index is 2.14. The molecule has 17 heavy (non-hydrogen) atoms.